The summed E-state index contributed by atoms with van der Waals surface area (Å²) < 4.78 is 0. The first-order chi connectivity index (χ1) is 8.41. The minimum absolute atomic E-state index is 0.0428. The van der Waals surface area contributed by atoms with Crippen molar-refractivity contribution >= 4 is 5.91 Å². The topological polar surface area (TPSA) is 55.1 Å². The lowest BCUT2D eigenvalue weighted by atomic mass is 9.77. The van der Waals surface area contributed by atoms with E-state index in [1.54, 1.807) is 0 Å². The molecule has 3 heteroatoms. The number of hydrogen-bond donors (Lipinski definition) is 2. The molecule has 0 bridgehead atoms. The molecule has 0 aliphatic heterocycles. The minimum Gasteiger partial charge on any atom is -0.352 e. The first kappa shape index (κ1) is 15.5. The van der Waals surface area contributed by atoms with Crippen molar-refractivity contribution in [3.63, 3.8) is 0 Å². The Labute approximate surface area is 112 Å². The van der Waals surface area contributed by atoms with E-state index in [2.05, 4.69) is 33.0 Å². The van der Waals surface area contributed by atoms with Crippen molar-refractivity contribution in [3.05, 3.63) is 0 Å². The third-order valence-corrected chi connectivity index (χ3v) is 4.07. The predicted octanol–water partition coefficient (Wildman–Crippen LogP) is 2.69. The van der Waals surface area contributed by atoms with Crippen LogP contribution < -0.4 is 11.1 Å². The van der Waals surface area contributed by atoms with Crippen LogP contribution in [-0.2, 0) is 4.79 Å². The predicted molar refractivity (Wildman–Crippen MR) is 76.2 cm³/mol. The number of carbonyl (C=O) groups is 1. The standard InChI is InChI=1S/C15H30N2O/c1-10(2)9-13(16)15(18)17-14-8-6-5-7-12(14)11(3)4/h10-14H,5-9,16H2,1-4H3,(H,17,18)/t12?,13-,14?/m1/s1. The molecule has 1 rings (SSSR count). The fourth-order valence-corrected chi connectivity index (χ4v) is 3.04. The van der Waals surface area contributed by atoms with E-state index in [1.165, 1.54) is 19.3 Å². The molecule has 18 heavy (non-hydrogen) atoms. The Morgan fingerprint density at radius 3 is 2.39 bits per heavy atom. The number of nitrogens with two attached hydrogens (primary N) is 1. The first-order valence-corrected chi connectivity index (χ1v) is 7.47. The van der Waals surface area contributed by atoms with Gasteiger partial charge in [0.05, 0.1) is 6.04 Å². The number of rotatable bonds is 5. The molecule has 0 heterocycles. The molecule has 0 saturated heterocycles. The third kappa shape index (κ3) is 4.60. The van der Waals surface area contributed by atoms with Crippen LogP contribution in [0, 0.1) is 17.8 Å². The van der Waals surface area contributed by atoms with Crippen molar-refractivity contribution in [2.75, 3.05) is 0 Å². The van der Waals surface area contributed by atoms with Gasteiger partial charge in [-0.3, -0.25) is 4.79 Å². The monoisotopic (exact) mass is 254 g/mol. The van der Waals surface area contributed by atoms with Gasteiger partial charge in [0.1, 0.15) is 0 Å². The SMILES string of the molecule is CC(C)C[C@@H](N)C(=O)NC1CCCCC1C(C)C. The van der Waals surface area contributed by atoms with Crippen LogP contribution >= 0.6 is 0 Å². The lowest BCUT2D eigenvalue weighted by molar-refractivity contribution is -0.124. The summed E-state index contributed by atoms with van der Waals surface area (Å²) >= 11 is 0. The maximum atomic E-state index is 12.1. The number of amides is 1. The Kier molecular flexibility index (Phi) is 6.13. The molecule has 2 unspecified atom stereocenters. The summed E-state index contributed by atoms with van der Waals surface area (Å²) in [6.07, 6.45) is 5.65. The minimum atomic E-state index is -0.347. The fourth-order valence-electron chi connectivity index (χ4n) is 3.04. The molecule has 0 aromatic rings. The van der Waals surface area contributed by atoms with E-state index in [0.717, 1.165) is 12.8 Å². The van der Waals surface area contributed by atoms with Crippen molar-refractivity contribution in [1.82, 2.24) is 5.32 Å². The second-order valence-electron chi connectivity index (χ2n) is 6.54. The second kappa shape index (κ2) is 7.13. The van der Waals surface area contributed by atoms with E-state index >= 15 is 0 Å². The summed E-state index contributed by atoms with van der Waals surface area (Å²) in [6.45, 7) is 8.71. The van der Waals surface area contributed by atoms with E-state index in [9.17, 15) is 4.79 Å². The highest BCUT2D eigenvalue weighted by Gasteiger charge is 2.29. The van der Waals surface area contributed by atoms with E-state index in [4.69, 9.17) is 5.73 Å². The molecule has 0 radical (unpaired) electrons. The molecule has 106 valence electrons. The molecule has 3 nitrogen and oxygen atoms in total. The van der Waals surface area contributed by atoms with Gasteiger partial charge in [-0.1, -0.05) is 40.5 Å². The van der Waals surface area contributed by atoms with Crippen molar-refractivity contribution in [1.29, 1.82) is 0 Å². The maximum absolute atomic E-state index is 12.1. The zero-order valence-electron chi connectivity index (χ0n) is 12.4. The molecule has 0 spiro atoms. The van der Waals surface area contributed by atoms with Crippen LogP contribution in [0.25, 0.3) is 0 Å². The maximum Gasteiger partial charge on any atom is 0.237 e. The van der Waals surface area contributed by atoms with Crippen LogP contribution in [0.3, 0.4) is 0 Å². The zero-order chi connectivity index (χ0) is 13.7. The van der Waals surface area contributed by atoms with Crippen LogP contribution in [0.15, 0.2) is 0 Å². The molecule has 0 aromatic carbocycles. The van der Waals surface area contributed by atoms with Crippen LogP contribution in [0.5, 0.6) is 0 Å². The Morgan fingerprint density at radius 2 is 1.83 bits per heavy atom. The Morgan fingerprint density at radius 1 is 1.22 bits per heavy atom. The van der Waals surface area contributed by atoms with Gasteiger partial charge in [0.15, 0.2) is 0 Å². The van der Waals surface area contributed by atoms with Gasteiger partial charge in [0, 0.05) is 6.04 Å². The fraction of sp³-hybridized carbons (Fsp3) is 0.933. The van der Waals surface area contributed by atoms with E-state index in [1.807, 2.05) is 0 Å². The lowest BCUT2D eigenvalue weighted by Crippen LogP contribution is -2.50. The van der Waals surface area contributed by atoms with Crippen molar-refractivity contribution in [2.24, 2.45) is 23.5 Å². The highest BCUT2D eigenvalue weighted by atomic mass is 16.2. The molecule has 1 saturated carbocycles. The molecule has 3 atom stereocenters. The quantitative estimate of drug-likeness (QED) is 0.792. The van der Waals surface area contributed by atoms with Crippen LogP contribution in [0.1, 0.15) is 59.8 Å². The summed E-state index contributed by atoms with van der Waals surface area (Å²) in [5, 5.41) is 3.19. The van der Waals surface area contributed by atoms with Gasteiger partial charge in [0.25, 0.3) is 0 Å². The molecule has 1 amide bonds. The Hall–Kier alpha value is -0.570. The van der Waals surface area contributed by atoms with E-state index in [-0.39, 0.29) is 11.9 Å². The molecule has 0 aromatic heterocycles. The Balaban J connectivity index is 2.50. The van der Waals surface area contributed by atoms with Gasteiger partial charge in [-0.2, -0.15) is 0 Å². The summed E-state index contributed by atoms with van der Waals surface area (Å²) in [5.74, 6) is 1.77. The second-order valence-corrected chi connectivity index (χ2v) is 6.54. The Bertz CT molecular complexity index is 263. The summed E-state index contributed by atoms with van der Waals surface area (Å²) in [4.78, 5) is 12.1. The van der Waals surface area contributed by atoms with Gasteiger partial charge in [-0.25, -0.2) is 0 Å². The third-order valence-electron chi connectivity index (χ3n) is 4.07. The average Bonchev–Trinajstić information content (AvgIpc) is 2.28. The number of hydrogen-bond acceptors (Lipinski definition) is 2. The van der Waals surface area contributed by atoms with Crippen molar-refractivity contribution < 1.29 is 4.79 Å². The van der Waals surface area contributed by atoms with Crippen molar-refractivity contribution in [3.8, 4) is 0 Å². The normalized spacial score (nSPS) is 26.4. The summed E-state index contributed by atoms with van der Waals surface area (Å²) in [7, 11) is 0. The van der Waals surface area contributed by atoms with E-state index in [0.29, 0.717) is 23.8 Å². The lowest BCUT2D eigenvalue weighted by Gasteiger charge is -2.35. The van der Waals surface area contributed by atoms with E-state index < -0.39 is 0 Å². The smallest absolute Gasteiger partial charge is 0.237 e. The van der Waals surface area contributed by atoms with Crippen LogP contribution in [-0.4, -0.2) is 18.0 Å². The van der Waals surface area contributed by atoms with Crippen LogP contribution in [0.4, 0.5) is 0 Å². The highest BCUT2D eigenvalue weighted by molar-refractivity contribution is 5.81. The highest BCUT2D eigenvalue weighted by Crippen LogP contribution is 2.30. The zero-order valence-corrected chi connectivity index (χ0v) is 12.4. The molecule has 3 N–H and O–H groups in total. The van der Waals surface area contributed by atoms with Crippen LogP contribution in [0.2, 0.25) is 0 Å². The first-order valence-electron chi connectivity index (χ1n) is 7.47. The summed E-state index contributed by atoms with van der Waals surface area (Å²) in [5.41, 5.74) is 5.94. The number of nitrogens with one attached hydrogen (secondary N) is 1. The van der Waals surface area contributed by atoms with Crippen molar-refractivity contribution in [2.45, 2.75) is 71.9 Å². The average molecular weight is 254 g/mol. The number of carbonyl (C=O) groups excluding carboxylic acids is 1. The summed E-state index contributed by atoms with van der Waals surface area (Å²) in [6, 6.07) is -0.01000. The van der Waals surface area contributed by atoms with Gasteiger partial charge < -0.3 is 11.1 Å². The van der Waals surface area contributed by atoms with Gasteiger partial charge in [0.2, 0.25) is 5.91 Å². The van der Waals surface area contributed by atoms with Gasteiger partial charge >= 0.3 is 0 Å². The largest absolute Gasteiger partial charge is 0.352 e. The molecule has 1 fully saturated rings. The molecular formula is C15H30N2O. The molecule has 1 aliphatic carbocycles. The van der Waals surface area contributed by atoms with Gasteiger partial charge in [-0.05, 0) is 37.0 Å². The molecular weight excluding hydrogens is 224 g/mol. The van der Waals surface area contributed by atoms with Gasteiger partial charge in [-0.15, -0.1) is 0 Å². The molecule has 1 aliphatic rings.